The van der Waals surface area contributed by atoms with E-state index in [4.69, 9.17) is 4.42 Å². The molecule has 2 nitrogen and oxygen atoms in total. The minimum Gasteiger partial charge on any atom is -0.464 e. The predicted octanol–water partition coefficient (Wildman–Crippen LogP) is 4.59. The third-order valence-corrected chi connectivity index (χ3v) is 4.22. The maximum absolute atomic E-state index is 12.5. The van der Waals surface area contributed by atoms with Crippen LogP contribution in [0.15, 0.2) is 57.9 Å². The highest BCUT2D eigenvalue weighted by atomic mass is 79.9. The average Bonchev–Trinajstić information content (AvgIpc) is 2.51. The molecule has 21 heavy (non-hydrogen) atoms. The Hall–Kier alpha value is -1.87. The zero-order valence-electron chi connectivity index (χ0n) is 11.7. The van der Waals surface area contributed by atoms with Gasteiger partial charge in [-0.2, -0.15) is 0 Å². The van der Waals surface area contributed by atoms with Crippen molar-refractivity contribution in [2.75, 3.05) is 0 Å². The number of alkyl halides is 1. The largest absolute Gasteiger partial charge is 0.464 e. The Morgan fingerprint density at radius 3 is 2.48 bits per heavy atom. The summed E-state index contributed by atoms with van der Waals surface area (Å²) in [7, 11) is 0. The topological polar surface area (TPSA) is 30.2 Å². The van der Waals surface area contributed by atoms with Gasteiger partial charge in [-0.15, -0.1) is 0 Å². The van der Waals surface area contributed by atoms with Gasteiger partial charge in [0.1, 0.15) is 5.58 Å². The summed E-state index contributed by atoms with van der Waals surface area (Å²) in [5, 5.41) is 1.49. The minimum atomic E-state index is 0.0597. The molecular formula is C18H15BrO2. The zero-order valence-corrected chi connectivity index (χ0v) is 13.3. The minimum absolute atomic E-state index is 0.0597. The molecule has 0 aliphatic rings. The molecule has 3 heteroatoms. The average molecular weight is 343 g/mol. The molecule has 3 aromatic rings. The van der Waals surface area contributed by atoms with Crippen molar-refractivity contribution in [3.8, 4) is 0 Å². The molecule has 2 aromatic carbocycles. The second-order valence-electron chi connectivity index (χ2n) is 5.22. The fraction of sp³-hybridized carbons (Fsp3) is 0.167. The number of hydrogen-bond donors (Lipinski definition) is 0. The number of fused-ring (bicyclic) bond motifs is 1. The van der Waals surface area contributed by atoms with Gasteiger partial charge in [-0.3, -0.25) is 4.79 Å². The van der Waals surface area contributed by atoms with Crippen molar-refractivity contribution in [2.24, 2.45) is 0 Å². The van der Waals surface area contributed by atoms with Crippen LogP contribution in [0.25, 0.3) is 11.0 Å². The first-order chi connectivity index (χ1) is 10.2. The Morgan fingerprint density at radius 2 is 1.76 bits per heavy atom. The van der Waals surface area contributed by atoms with Crippen LogP contribution in [0.4, 0.5) is 0 Å². The number of rotatable bonds is 3. The van der Waals surface area contributed by atoms with Crippen LogP contribution < -0.4 is 5.43 Å². The summed E-state index contributed by atoms with van der Waals surface area (Å²) in [6, 6.07) is 13.9. The Balaban J connectivity index is 2.00. The van der Waals surface area contributed by atoms with Gasteiger partial charge in [0, 0.05) is 17.3 Å². The van der Waals surface area contributed by atoms with Crippen LogP contribution in [0.1, 0.15) is 22.3 Å². The number of aryl methyl sites for hydroxylation is 1. The van der Waals surface area contributed by atoms with Crippen LogP contribution in [-0.2, 0) is 11.8 Å². The maximum atomic E-state index is 12.5. The van der Waals surface area contributed by atoms with E-state index in [2.05, 4.69) is 40.2 Å². The third kappa shape index (κ3) is 2.93. The number of halogens is 1. The SMILES string of the molecule is Cc1ccc2occ(Cc3ccc(CBr)cc3)c(=O)c2c1. The van der Waals surface area contributed by atoms with Crippen LogP contribution in [-0.4, -0.2) is 0 Å². The van der Waals surface area contributed by atoms with E-state index in [0.717, 1.165) is 16.5 Å². The quantitative estimate of drug-likeness (QED) is 0.651. The lowest BCUT2D eigenvalue weighted by molar-refractivity contribution is 0.594. The molecule has 106 valence electrons. The Kier molecular flexibility index (Phi) is 3.93. The van der Waals surface area contributed by atoms with Crippen LogP contribution in [0.5, 0.6) is 0 Å². The molecule has 3 rings (SSSR count). The van der Waals surface area contributed by atoms with Crippen molar-refractivity contribution in [2.45, 2.75) is 18.7 Å². The molecule has 1 aromatic heterocycles. The van der Waals surface area contributed by atoms with E-state index in [1.807, 2.05) is 25.1 Å². The van der Waals surface area contributed by atoms with E-state index >= 15 is 0 Å². The molecule has 0 spiro atoms. The van der Waals surface area contributed by atoms with E-state index < -0.39 is 0 Å². The second-order valence-corrected chi connectivity index (χ2v) is 5.78. The van der Waals surface area contributed by atoms with Crippen molar-refractivity contribution >= 4 is 26.9 Å². The maximum Gasteiger partial charge on any atom is 0.196 e. The van der Waals surface area contributed by atoms with Gasteiger partial charge in [-0.25, -0.2) is 0 Å². The normalized spacial score (nSPS) is 11.0. The summed E-state index contributed by atoms with van der Waals surface area (Å²) in [5.74, 6) is 0. The first-order valence-electron chi connectivity index (χ1n) is 6.82. The highest BCUT2D eigenvalue weighted by molar-refractivity contribution is 9.08. The molecule has 0 radical (unpaired) electrons. The first kappa shape index (κ1) is 14.1. The van der Waals surface area contributed by atoms with Gasteiger partial charge in [0.15, 0.2) is 5.43 Å². The summed E-state index contributed by atoms with van der Waals surface area (Å²) in [5.41, 5.74) is 4.79. The number of benzene rings is 2. The predicted molar refractivity (Wildman–Crippen MR) is 89.1 cm³/mol. The van der Waals surface area contributed by atoms with Gasteiger partial charge < -0.3 is 4.42 Å². The molecule has 0 atom stereocenters. The van der Waals surface area contributed by atoms with Crippen molar-refractivity contribution in [1.29, 1.82) is 0 Å². The van der Waals surface area contributed by atoms with Gasteiger partial charge in [-0.05, 0) is 30.2 Å². The van der Waals surface area contributed by atoms with Crippen molar-refractivity contribution in [1.82, 2.24) is 0 Å². The van der Waals surface area contributed by atoms with E-state index in [0.29, 0.717) is 23.0 Å². The lowest BCUT2D eigenvalue weighted by Gasteiger charge is -2.04. The van der Waals surface area contributed by atoms with Crippen LogP contribution in [0.3, 0.4) is 0 Å². The van der Waals surface area contributed by atoms with E-state index in [-0.39, 0.29) is 5.43 Å². The Labute approximate surface area is 131 Å². The monoisotopic (exact) mass is 342 g/mol. The fourth-order valence-corrected chi connectivity index (χ4v) is 2.75. The summed E-state index contributed by atoms with van der Waals surface area (Å²) in [6.45, 7) is 1.98. The Bertz CT molecular complexity index is 832. The molecular weight excluding hydrogens is 328 g/mol. The van der Waals surface area contributed by atoms with Gasteiger partial charge in [0.25, 0.3) is 0 Å². The lowest BCUT2D eigenvalue weighted by Crippen LogP contribution is -2.09. The van der Waals surface area contributed by atoms with Crippen molar-refractivity contribution in [3.05, 3.63) is 81.2 Å². The first-order valence-corrected chi connectivity index (χ1v) is 7.94. The standard InChI is InChI=1S/C18H15BrO2/c1-12-2-7-17-16(8-12)18(20)15(11-21-17)9-13-3-5-14(10-19)6-4-13/h2-8,11H,9-10H2,1H3. The summed E-state index contributed by atoms with van der Waals surface area (Å²) < 4.78 is 5.59. The highest BCUT2D eigenvalue weighted by Gasteiger charge is 2.08. The molecule has 0 N–H and O–H groups in total. The Morgan fingerprint density at radius 1 is 1.05 bits per heavy atom. The third-order valence-electron chi connectivity index (χ3n) is 3.57. The van der Waals surface area contributed by atoms with Crippen LogP contribution >= 0.6 is 15.9 Å². The number of hydrogen-bond acceptors (Lipinski definition) is 2. The lowest BCUT2D eigenvalue weighted by atomic mass is 10.0. The molecule has 0 saturated carbocycles. The van der Waals surface area contributed by atoms with E-state index in [9.17, 15) is 4.79 Å². The van der Waals surface area contributed by atoms with Crippen LogP contribution in [0, 0.1) is 6.92 Å². The van der Waals surface area contributed by atoms with Gasteiger partial charge in [0.2, 0.25) is 0 Å². The van der Waals surface area contributed by atoms with Gasteiger partial charge in [-0.1, -0.05) is 51.8 Å². The molecule has 0 amide bonds. The molecule has 0 aliphatic carbocycles. The molecule has 0 bridgehead atoms. The summed E-state index contributed by atoms with van der Waals surface area (Å²) in [4.78, 5) is 12.5. The molecule has 0 unspecified atom stereocenters. The molecule has 0 fully saturated rings. The van der Waals surface area contributed by atoms with Crippen molar-refractivity contribution < 1.29 is 4.42 Å². The van der Waals surface area contributed by atoms with E-state index in [1.165, 1.54) is 5.56 Å². The van der Waals surface area contributed by atoms with Crippen LogP contribution in [0.2, 0.25) is 0 Å². The van der Waals surface area contributed by atoms with Gasteiger partial charge >= 0.3 is 0 Å². The highest BCUT2D eigenvalue weighted by Crippen LogP contribution is 2.16. The van der Waals surface area contributed by atoms with Gasteiger partial charge in [0.05, 0.1) is 11.6 Å². The second kappa shape index (κ2) is 5.86. The molecule has 0 saturated heterocycles. The summed E-state index contributed by atoms with van der Waals surface area (Å²) >= 11 is 3.43. The van der Waals surface area contributed by atoms with Crippen molar-refractivity contribution in [3.63, 3.8) is 0 Å². The summed E-state index contributed by atoms with van der Waals surface area (Å²) in [6.07, 6.45) is 2.17. The molecule has 1 heterocycles. The smallest absolute Gasteiger partial charge is 0.196 e. The zero-order chi connectivity index (χ0) is 14.8. The molecule has 0 aliphatic heterocycles. The van der Waals surface area contributed by atoms with E-state index in [1.54, 1.807) is 6.26 Å². The fourth-order valence-electron chi connectivity index (χ4n) is 2.37.